The van der Waals surface area contributed by atoms with E-state index in [0.29, 0.717) is 29.0 Å². The number of hydrogen-bond donors (Lipinski definition) is 3. The van der Waals surface area contributed by atoms with Crippen LogP contribution in [0.4, 0.5) is 11.4 Å². The molecule has 0 atom stereocenters. The number of anilines is 2. The number of sulfonamides is 1. The molecule has 0 bridgehead atoms. The molecule has 3 N–H and O–H groups in total. The van der Waals surface area contributed by atoms with Crippen molar-refractivity contribution in [1.82, 2.24) is 5.32 Å². The maximum Gasteiger partial charge on any atom is 0.262 e. The molecule has 0 aliphatic carbocycles. The summed E-state index contributed by atoms with van der Waals surface area (Å²) in [6, 6.07) is 18.6. The van der Waals surface area contributed by atoms with E-state index in [9.17, 15) is 18.0 Å². The van der Waals surface area contributed by atoms with Gasteiger partial charge in [-0.3, -0.25) is 14.3 Å². The lowest BCUT2D eigenvalue weighted by molar-refractivity contribution is -0.119. The normalized spacial score (nSPS) is 11.0. The van der Waals surface area contributed by atoms with Gasteiger partial charge in [-0.1, -0.05) is 30.3 Å². The maximum atomic E-state index is 12.9. The number of carbonyl (C=O) groups excluding carboxylic acids is 2. The minimum absolute atomic E-state index is 0.0856. The Balaban J connectivity index is 1.76. The number of hydrogen-bond acceptors (Lipinski definition) is 4. The lowest BCUT2D eigenvalue weighted by Gasteiger charge is -2.13. The largest absolute Gasteiger partial charge is 0.352 e. The van der Waals surface area contributed by atoms with E-state index in [0.717, 1.165) is 11.1 Å². The van der Waals surface area contributed by atoms with Crippen molar-refractivity contribution >= 4 is 33.2 Å². The monoisotopic (exact) mass is 451 g/mol. The second kappa shape index (κ2) is 9.65. The van der Waals surface area contributed by atoms with E-state index in [1.807, 2.05) is 13.0 Å². The second-order valence-electron chi connectivity index (χ2n) is 7.52. The van der Waals surface area contributed by atoms with Crippen molar-refractivity contribution in [3.63, 3.8) is 0 Å². The Morgan fingerprint density at radius 2 is 1.59 bits per heavy atom. The van der Waals surface area contributed by atoms with Crippen LogP contribution in [0.3, 0.4) is 0 Å². The van der Waals surface area contributed by atoms with Crippen LogP contribution in [-0.4, -0.2) is 20.2 Å². The van der Waals surface area contributed by atoms with Gasteiger partial charge in [-0.05, 0) is 66.9 Å². The van der Waals surface area contributed by atoms with E-state index in [1.54, 1.807) is 61.5 Å². The van der Waals surface area contributed by atoms with Gasteiger partial charge < -0.3 is 10.6 Å². The summed E-state index contributed by atoms with van der Waals surface area (Å²) in [5.41, 5.74) is 3.62. The molecule has 0 saturated carbocycles. The van der Waals surface area contributed by atoms with Gasteiger partial charge in [0, 0.05) is 30.4 Å². The summed E-state index contributed by atoms with van der Waals surface area (Å²) in [5, 5.41) is 5.43. The first-order valence-corrected chi connectivity index (χ1v) is 11.5. The minimum Gasteiger partial charge on any atom is -0.352 e. The summed E-state index contributed by atoms with van der Waals surface area (Å²) in [6.07, 6.45) is 0. The highest BCUT2D eigenvalue weighted by molar-refractivity contribution is 7.92. The fraction of sp³-hybridized carbons (Fsp3) is 0.167. The summed E-state index contributed by atoms with van der Waals surface area (Å²) in [6.45, 7) is 5.40. The van der Waals surface area contributed by atoms with Crippen LogP contribution >= 0.6 is 0 Å². The minimum atomic E-state index is -3.84. The third kappa shape index (κ3) is 5.95. The SMILES string of the molecule is CC(=O)NCc1ccc(C(=O)Nc2ccc(C)c(S(=O)(=O)Nc3cccc(C)c3)c2)cc1. The van der Waals surface area contributed by atoms with Gasteiger partial charge >= 0.3 is 0 Å². The number of rotatable bonds is 7. The van der Waals surface area contributed by atoms with Crippen molar-refractivity contribution < 1.29 is 18.0 Å². The van der Waals surface area contributed by atoms with Crippen LogP contribution in [-0.2, 0) is 21.4 Å². The molecule has 0 heterocycles. The lowest BCUT2D eigenvalue weighted by atomic mass is 10.1. The molecule has 0 aliphatic rings. The molecule has 3 aromatic carbocycles. The quantitative estimate of drug-likeness (QED) is 0.505. The van der Waals surface area contributed by atoms with E-state index in [2.05, 4.69) is 15.4 Å². The predicted octanol–water partition coefficient (Wildman–Crippen LogP) is 3.99. The van der Waals surface area contributed by atoms with E-state index >= 15 is 0 Å². The van der Waals surface area contributed by atoms with Gasteiger partial charge in [-0.2, -0.15) is 0 Å². The molecule has 0 aliphatic heterocycles. The first-order valence-electron chi connectivity index (χ1n) is 9.99. The standard InChI is InChI=1S/C24H25N3O4S/c1-16-5-4-6-22(13-16)27-32(30,31)23-14-21(12-7-17(23)2)26-24(29)20-10-8-19(9-11-20)15-25-18(3)28/h4-14,27H,15H2,1-3H3,(H,25,28)(H,26,29). The summed E-state index contributed by atoms with van der Waals surface area (Å²) < 4.78 is 28.5. The summed E-state index contributed by atoms with van der Waals surface area (Å²) in [4.78, 5) is 23.7. The predicted molar refractivity (Wildman–Crippen MR) is 125 cm³/mol. The molecule has 3 aromatic rings. The highest BCUT2D eigenvalue weighted by Crippen LogP contribution is 2.24. The molecule has 8 heteroatoms. The average molecular weight is 452 g/mol. The van der Waals surface area contributed by atoms with Crippen molar-refractivity contribution in [2.75, 3.05) is 10.0 Å². The van der Waals surface area contributed by atoms with Crippen LogP contribution in [0.25, 0.3) is 0 Å². The number of amides is 2. The Hall–Kier alpha value is -3.65. The van der Waals surface area contributed by atoms with Crippen molar-refractivity contribution in [3.8, 4) is 0 Å². The number of nitrogens with one attached hydrogen (secondary N) is 3. The molecular weight excluding hydrogens is 426 g/mol. The first-order chi connectivity index (χ1) is 15.1. The number of aryl methyl sites for hydroxylation is 2. The summed E-state index contributed by atoms with van der Waals surface area (Å²) >= 11 is 0. The van der Waals surface area contributed by atoms with Crippen LogP contribution in [0.1, 0.15) is 34.0 Å². The second-order valence-corrected chi connectivity index (χ2v) is 9.17. The summed E-state index contributed by atoms with van der Waals surface area (Å²) in [7, 11) is -3.84. The fourth-order valence-electron chi connectivity index (χ4n) is 3.09. The van der Waals surface area contributed by atoms with Gasteiger partial charge in [0.2, 0.25) is 5.91 Å². The van der Waals surface area contributed by atoms with Gasteiger partial charge in [0.1, 0.15) is 0 Å². The van der Waals surface area contributed by atoms with Crippen molar-refractivity contribution in [2.45, 2.75) is 32.2 Å². The lowest BCUT2D eigenvalue weighted by Crippen LogP contribution is -2.19. The molecule has 0 radical (unpaired) electrons. The Labute approximate surface area is 187 Å². The molecular formula is C24H25N3O4S. The van der Waals surface area contributed by atoms with Gasteiger partial charge in [0.15, 0.2) is 0 Å². The van der Waals surface area contributed by atoms with Gasteiger partial charge in [-0.25, -0.2) is 8.42 Å². The third-order valence-electron chi connectivity index (χ3n) is 4.76. The molecule has 166 valence electrons. The topological polar surface area (TPSA) is 104 Å². The zero-order valence-electron chi connectivity index (χ0n) is 18.1. The molecule has 0 fully saturated rings. The van der Waals surface area contributed by atoms with Crippen LogP contribution in [0.15, 0.2) is 71.6 Å². The molecule has 0 unspecified atom stereocenters. The van der Waals surface area contributed by atoms with Gasteiger partial charge in [0.05, 0.1) is 4.90 Å². The molecule has 7 nitrogen and oxygen atoms in total. The Morgan fingerprint density at radius 3 is 2.25 bits per heavy atom. The number of carbonyl (C=O) groups is 2. The highest BCUT2D eigenvalue weighted by atomic mass is 32.2. The molecule has 2 amide bonds. The Bertz CT molecular complexity index is 1250. The smallest absolute Gasteiger partial charge is 0.262 e. The molecule has 32 heavy (non-hydrogen) atoms. The first kappa shape index (κ1) is 23.0. The summed E-state index contributed by atoms with van der Waals surface area (Å²) in [5.74, 6) is -0.497. The van der Waals surface area contributed by atoms with Crippen LogP contribution in [0.5, 0.6) is 0 Å². The molecule has 0 saturated heterocycles. The Morgan fingerprint density at radius 1 is 0.875 bits per heavy atom. The molecule has 3 rings (SSSR count). The van der Waals surface area contributed by atoms with Crippen LogP contribution in [0.2, 0.25) is 0 Å². The zero-order chi connectivity index (χ0) is 23.3. The maximum absolute atomic E-state index is 12.9. The average Bonchev–Trinajstić information content (AvgIpc) is 2.73. The van der Waals surface area contributed by atoms with Crippen LogP contribution < -0.4 is 15.4 Å². The highest BCUT2D eigenvalue weighted by Gasteiger charge is 2.18. The fourth-order valence-corrected chi connectivity index (χ4v) is 4.41. The van der Waals surface area contributed by atoms with E-state index in [1.165, 1.54) is 13.0 Å². The van der Waals surface area contributed by atoms with Crippen molar-refractivity contribution in [1.29, 1.82) is 0 Å². The van der Waals surface area contributed by atoms with Gasteiger partial charge in [0.25, 0.3) is 15.9 Å². The molecule has 0 spiro atoms. The van der Waals surface area contributed by atoms with E-state index in [4.69, 9.17) is 0 Å². The van der Waals surface area contributed by atoms with Crippen LogP contribution in [0, 0.1) is 13.8 Å². The van der Waals surface area contributed by atoms with Crippen molar-refractivity contribution in [3.05, 3.63) is 89.0 Å². The zero-order valence-corrected chi connectivity index (χ0v) is 18.9. The van der Waals surface area contributed by atoms with Crippen molar-refractivity contribution in [2.24, 2.45) is 0 Å². The molecule has 0 aromatic heterocycles. The number of benzene rings is 3. The Kier molecular flexibility index (Phi) is 6.95. The van der Waals surface area contributed by atoms with E-state index in [-0.39, 0.29) is 16.7 Å². The van der Waals surface area contributed by atoms with E-state index < -0.39 is 10.0 Å². The van der Waals surface area contributed by atoms with Gasteiger partial charge in [-0.15, -0.1) is 0 Å². The third-order valence-corrected chi connectivity index (χ3v) is 6.29.